The van der Waals surface area contributed by atoms with Crippen LogP contribution in [0.25, 0.3) is 11.0 Å². The summed E-state index contributed by atoms with van der Waals surface area (Å²) >= 11 is 5.49. The summed E-state index contributed by atoms with van der Waals surface area (Å²) in [6.45, 7) is 3.56. The quantitative estimate of drug-likeness (QED) is 0.763. The molecule has 0 aromatic carbocycles. The summed E-state index contributed by atoms with van der Waals surface area (Å²) in [5.41, 5.74) is 0.268. The minimum atomic E-state index is -0.454. The van der Waals surface area contributed by atoms with Gasteiger partial charge >= 0.3 is 5.97 Å². The average Bonchev–Trinajstić information content (AvgIpc) is 2.78. The van der Waals surface area contributed by atoms with Gasteiger partial charge in [0, 0.05) is 18.6 Å². The summed E-state index contributed by atoms with van der Waals surface area (Å²) in [4.78, 5) is 27.7. The van der Waals surface area contributed by atoms with Crippen LogP contribution in [0.1, 0.15) is 6.42 Å². The second-order valence-corrected chi connectivity index (χ2v) is 4.71. The third-order valence-electron chi connectivity index (χ3n) is 2.66. The van der Waals surface area contributed by atoms with Crippen LogP contribution in [0.3, 0.4) is 0 Å². The Morgan fingerprint density at radius 2 is 2.30 bits per heavy atom. The van der Waals surface area contributed by atoms with Gasteiger partial charge in [-0.3, -0.25) is 18.8 Å². The van der Waals surface area contributed by atoms with Crippen LogP contribution in [0.4, 0.5) is 0 Å². The highest BCUT2D eigenvalue weighted by atomic mass is 35.5. The minimum absolute atomic E-state index is 0.0326. The molecule has 2 aromatic rings. The number of nitrogens with zero attached hydrogens (tertiary/aromatic N) is 4. The summed E-state index contributed by atoms with van der Waals surface area (Å²) in [7, 11) is 1.70. The van der Waals surface area contributed by atoms with Crippen LogP contribution in [0.2, 0.25) is 0 Å². The number of fused-ring (bicyclic) bond motifs is 1. The molecule has 0 unspecified atom stereocenters. The number of hydrogen-bond donors (Lipinski definition) is 0. The Bertz CT molecular complexity index is 719. The maximum Gasteiger partial charge on any atom is 0.307 e. The molecule has 0 aliphatic rings. The molecule has 0 atom stereocenters. The fourth-order valence-electron chi connectivity index (χ4n) is 1.67. The van der Waals surface area contributed by atoms with Crippen molar-refractivity contribution < 1.29 is 9.53 Å². The average molecular weight is 297 g/mol. The predicted molar refractivity (Wildman–Crippen MR) is 73.3 cm³/mol. The maximum absolute atomic E-state index is 12.1. The Hall–Kier alpha value is -2.15. The molecular formula is C12H13ClN4O3. The monoisotopic (exact) mass is 296 g/mol. The predicted octanol–water partition coefficient (Wildman–Crippen LogP) is 0.816. The van der Waals surface area contributed by atoms with Crippen molar-refractivity contribution in [2.75, 3.05) is 6.61 Å². The van der Waals surface area contributed by atoms with Crippen LogP contribution < -0.4 is 5.56 Å². The first-order valence-corrected chi connectivity index (χ1v) is 6.23. The second kappa shape index (κ2) is 5.87. The van der Waals surface area contributed by atoms with Crippen LogP contribution >= 0.6 is 11.6 Å². The summed E-state index contributed by atoms with van der Waals surface area (Å²) < 4.78 is 7.70. The lowest BCUT2D eigenvalue weighted by Crippen LogP contribution is -2.22. The molecule has 0 N–H and O–H groups in total. The fourth-order valence-corrected chi connectivity index (χ4v) is 1.72. The van der Waals surface area contributed by atoms with Crippen molar-refractivity contribution in [2.45, 2.75) is 13.0 Å². The number of hydrogen-bond acceptors (Lipinski definition) is 5. The topological polar surface area (TPSA) is 79.0 Å². The van der Waals surface area contributed by atoms with Crippen LogP contribution in [-0.2, 0) is 23.1 Å². The number of aryl methyl sites for hydroxylation is 2. The molecule has 0 saturated carbocycles. The first-order chi connectivity index (χ1) is 9.49. The van der Waals surface area contributed by atoms with E-state index < -0.39 is 5.97 Å². The molecule has 0 fully saturated rings. The van der Waals surface area contributed by atoms with Gasteiger partial charge in [0.15, 0.2) is 5.65 Å². The van der Waals surface area contributed by atoms with Gasteiger partial charge in [-0.25, -0.2) is 4.98 Å². The lowest BCUT2D eigenvalue weighted by Gasteiger charge is -2.05. The lowest BCUT2D eigenvalue weighted by molar-refractivity contribution is -0.142. The number of esters is 1. The van der Waals surface area contributed by atoms with E-state index in [0.29, 0.717) is 11.0 Å². The Balaban J connectivity index is 2.07. The van der Waals surface area contributed by atoms with E-state index in [0.717, 1.165) is 0 Å². The van der Waals surface area contributed by atoms with Gasteiger partial charge in [0.25, 0.3) is 5.56 Å². The Labute approximate surface area is 119 Å². The number of aromatic nitrogens is 4. The van der Waals surface area contributed by atoms with Crippen molar-refractivity contribution in [2.24, 2.45) is 7.05 Å². The van der Waals surface area contributed by atoms with E-state index in [2.05, 4.69) is 16.7 Å². The van der Waals surface area contributed by atoms with Crippen molar-refractivity contribution in [1.82, 2.24) is 19.3 Å². The van der Waals surface area contributed by atoms with E-state index in [-0.39, 0.29) is 30.2 Å². The first kappa shape index (κ1) is 14.3. The SMILES string of the molecule is C=C(Cl)COC(=O)CCn1cnc2c(cnn2C)c1=O. The first-order valence-electron chi connectivity index (χ1n) is 5.85. The standard InChI is InChI=1S/C12H13ClN4O3/c1-8(13)6-20-10(18)3-4-17-7-14-11-9(12(17)19)5-15-16(11)2/h5,7H,1,3-4,6H2,2H3. The van der Waals surface area contributed by atoms with Gasteiger partial charge in [0.05, 0.1) is 18.9 Å². The van der Waals surface area contributed by atoms with Gasteiger partial charge in [-0.05, 0) is 0 Å². The molecule has 0 aliphatic carbocycles. The molecule has 0 spiro atoms. The third-order valence-corrected chi connectivity index (χ3v) is 2.77. The summed E-state index contributed by atoms with van der Waals surface area (Å²) in [6, 6.07) is 0. The molecule has 2 rings (SSSR count). The molecule has 20 heavy (non-hydrogen) atoms. The molecule has 106 valence electrons. The molecule has 2 aromatic heterocycles. The van der Waals surface area contributed by atoms with E-state index >= 15 is 0 Å². The second-order valence-electron chi connectivity index (χ2n) is 4.18. The Morgan fingerprint density at radius 3 is 3.00 bits per heavy atom. The lowest BCUT2D eigenvalue weighted by atomic mass is 10.4. The van der Waals surface area contributed by atoms with Gasteiger partial charge in [-0.2, -0.15) is 5.10 Å². The van der Waals surface area contributed by atoms with Gasteiger partial charge in [0.2, 0.25) is 0 Å². The molecule has 0 aliphatic heterocycles. The molecular weight excluding hydrogens is 284 g/mol. The van der Waals surface area contributed by atoms with Crippen molar-refractivity contribution in [3.05, 3.63) is 34.5 Å². The van der Waals surface area contributed by atoms with E-state index in [1.807, 2.05) is 0 Å². The highest BCUT2D eigenvalue weighted by molar-refractivity contribution is 6.29. The zero-order chi connectivity index (χ0) is 14.7. The zero-order valence-electron chi connectivity index (χ0n) is 10.9. The number of carbonyl (C=O) groups is 1. The molecule has 2 heterocycles. The van der Waals surface area contributed by atoms with Crippen molar-refractivity contribution in [3.8, 4) is 0 Å². The van der Waals surface area contributed by atoms with E-state index in [4.69, 9.17) is 16.3 Å². The highest BCUT2D eigenvalue weighted by Gasteiger charge is 2.10. The van der Waals surface area contributed by atoms with Crippen LogP contribution in [-0.4, -0.2) is 31.9 Å². The fraction of sp³-hybridized carbons (Fsp3) is 0.333. The molecule has 0 radical (unpaired) electrons. The van der Waals surface area contributed by atoms with Crippen molar-refractivity contribution >= 4 is 28.6 Å². The smallest absolute Gasteiger partial charge is 0.307 e. The Kier molecular flexibility index (Phi) is 4.19. The molecule has 0 bridgehead atoms. The largest absolute Gasteiger partial charge is 0.460 e. The number of rotatable bonds is 5. The minimum Gasteiger partial charge on any atom is -0.460 e. The Morgan fingerprint density at radius 1 is 1.55 bits per heavy atom. The van der Waals surface area contributed by atoms with Crippen LogP contribution in [0, 0.1) is 0 Å². The van der Waals surface area contributed by atoms with E-state index in [1.54, 1.807) is 7.05 Å². The van der Waals surface area contributed by atoms with Crippen LogP contribution in [0.5, 0.6) is 0 Å². The van der Waals surface area contributed by atoms with Gasteiger partial charge in [0.1, 0.15) is 12.0 Å². The number of ether oxygens (including phenoxy) is 1. The molecule has 8 heteroatoms. The van der Waals surface area contributed by atoms with Crippen LogP contribution in [0.15, 0.2) is 28.9 Å². The number of carbonyl (C=O) groups excluding carboxylic acids is 1. The molecule has 7 nitrogen and oxygen atoms in total. The van der Waals surface area contributed by atoms with Gasteiger partial charge in [-0.15, -0.1) is 0 Å². The van der Waals surface area contributed by atoms with Gasteiger partial charge in [-0.1, -0.05) is 18.2 Å². The third kappa shape index (κ3) is 3.05. The van der Waals surface area contributed by atoms with E-state index in [9.17, 15) is 9.59 Å². The maximum atomic E-state index is 12.1. The molecule has 0 saturated heterocycles. The molecule has 0 amide bonds. The summed E-state index contributed by atoms with van der Waals surface area (Å²) in [5.74, 6) is -0.454. The van der Waals surface area contributed by atoms with Gasteiger partial charge < -0.3 is 4.74 Å². The highest BCUT2D eigenvalue weighted by Crippen LogP contribution is 2.04. The van der Waals surface area contributed by atoms with Crippen molar-refractivity contribution in [3.63, 3.8) is 0 Å². The van der Waals surface area contributed by atoms with Crippen molar-refractivity contribution in [1.29, 1.82) is 0 Å². The summed E-state index contributed by atoms with van der Waals surface area (Å²) in [6.07, 6.45) is 2.90. The van der Waals surface area contributed by atoms with E-state index in [1.165, 1.54) is 21.8 Å². The summed E-state index contributed by atoms with van der Waals surface area (Å²) in [5, 5.41) is 4.63. The number of halogens is 1. The normalized spacial score (nSPS) is 10.7. The zero-order valence-corrected chi connectivity index (χ0v) is 11.6.